The Morgan fingerprint density at radius 2 is 2.23 bits per heavy atom. The number of rotatable bonds is 0. The molecule has 0 spiro atoms. The maximum atomic E-state index is 3.33. The number of hydrogen-bond acceptors (Lipinski definition) is 1. The van der Waals surface area contributed by atoms with Gasteiger partial charge in [-0.1, -0.05) is 6.07 Å². The van der Waals surface area contributed by atoms with Crippen LogP contribution >= 0.6 is 0 Å². The second-order valence-corrected chi connectivity index (χ2v) is 3.22. The first-order valence-corrected chi connectivity index (χ1v) is 4.35. The number of aromatic nitrogens is 2. The molecule has 0 saturated carbocycles. The molecular weight excluding hydrogens is 162 g/mol. The molecule has 0 aliphatic carbocycles. The number of aromatic amines is 1. The fraction of sp³-hybridized carbons (Fsp3) is 0.100. The average molecular weight is 172 g/mol. The molecule has 64 valence electrons. The fourth-order valence-electron chi connectivity index (χ4n) is 1.69. The van der Waals surface area contributed by atoms with Crippen molar-refractivity contribution < 1.29 is 4.57 Å². The molecule has 13 heavy (non-hydrogen) atoms. The van der Waals surface area contributed by atoms with Crippen molar-refractivity contribution in [2.24, 2.45) is 0 Å². The zero-order chi connectivity index (χ0) is 8.67. The van der Waals surface area contributed by atoms with Crippen molar-refractivity contribution in [1.82, 2.24) is 4.98 Å². The summed E-state index contributed by atoms with van der Waals surface area (Å²) in [5.74, 6) is 2.25. The van der Waals surface area contributed by atoms with Gasteiger partial charge in [0.25, 0.3) is 5.82 Å². The molecule has 0 atom stereocenters. The third-order valence-corrected chi connectivity index (χ3v) is 2.37. The van der Waals surface area contributed by atoms with Gasteiger partial charge in [0.2, 0.25) is 5.82 Å². The summed E-state index contributed by atoms with van der Waals surface area (Å²) in [5.41, 5.74) is 1.31. The van der Waals surface area contributed by atoms with Crippen LogP contribution in [0.2, 0.25) is 0 Å². The van der Waals surface area contributed by atoms with Gasteiger partial charge in [-0.2, -0.15) is 0 Å². The molecule has 0 bridgehead atoms. The molecule has 0 fully saturated rings. The summed E-state index contributed by atoms with van der Waals surface area (Å²) in [6.45, 7) is 0.946. The predicted octanol–water partition coefficient (Wildman–Crippen LogP) is 1.41. The normalized spacial score (nSPS) is 12.9. The van der Waals surface area contributed by atoms with Gasteiger partial charge < -0.3 is 4.98 Å². The molecule has 1 aliphatic heterocycles. The van der Waals surface area contributed by atoms with Crippen molar-refractivity contribution in [1.29, 1.82) is 0 Å². The highest BCUT2D eigenvalue weighted by molar-refractivity contribution is 5.55. The second kappa shape index (κ2) is 2.36. The molecule has 0 unspecified atom stereocenters. The van der Waals surface area contributed by atoms with Crippen LogP contribution in [-0.2, 0) is 6.54 Å². The number of nitrogens with one attached hydrogen (secondary N) is 2. The van der Waals surface area contributed by atoms with Crippen LogP contribution in [0.3, 0.4) is 0 Å². The Morgan fingerprint density at radius 1 is 1.23 bits per heavy atom. The van der Waals surface area contributed by atoms with Gasteiger partial charge in [0, 0.05) is 12.3 Å². The average Bonchev–Trinajstić information content (AvgIpc) is 2.61. The molecule has 0 aromatic carbocycles. The summed E-state index contributed by atoms with van der Waals surface area (Å²) in [6.07, 6.45) is 4.04. The van der Waals surface area contributed by atoms with Crippen LogP contribution in [0.25, 0.3) is 0 Å². The van der Waals surface area contributed by atoms with E-state index in [-0.39, 0.29) is 0 Å². The van der Waals surface area contributed by atoms with Gasteiger partial charge in [0.05, 0.1) is 11.8 Å². The minimum atomic E-state index is 0.946. The van der Waals surface area contributed by atoms with E-state index in [0.29, 0.717) is 0 Å². The van der Waals surface area contributed by atoms with Gasteiger partial charge in [-0.3, -0.25) is 0 Å². The summed E-state index contributed by atoms with van der Waals surface area (Å²) in [7, 11) is 0. The molecule has 3 heterocycles. The molecule has 3 nitrogen and oxygen atoms in total. The van der Waals surface area contributed by atoms with Crippen molar-refractivity contribution in [2.75, 3.05) is 5.32 Å². The topological polar surface area (TPSA) is 31.7 Å². The maximum Gasteiger partial charge on any atom is 0.280 e. The lowest BCUT2D eigenvalue weighted by molar-refractivity contribution is -0.675. The zero-order valence-electron chi connectivity index (χ0n) is 7.12. The Morgan fingerprint density at radius 3 is 3.23 bits per heavy atom. The van der Waals surface area contributed by atoms with Gasteiger partial charge in [-0.15, -0.1) is 0 Å². The highest BCUT2D eigenvalue weighted by atomic mass is 15.2. The molecule has 3 heteroatoms. The van der Waals surface area contributed by atoms with Gasteiger partial charge in [-0.05, 0) is 12.1 Å². The standard InChI is InChI=1S/C10H9N3/c1-2-6-13-7-8-4-5-11-10(8)12-9(13)3-1/h1-6,11H,7H2/p+1. The number of H-pyrrole nitrogens is 1. The van der Waals surface area contributed by atoms with E-state index in [4.69, 9.17) is 0 Å². The number of pyridine rings is 1. The van der Waals surface area contributed by atoms with Gasteiger partial charge in [-0.25, -0.2) is 9.88 Å². The summed E-state index contributed by atoms with van der Waals surface area (Å²) < 4.78 is 2.19. The smallest absolute Gasteiger partial charge is 0.280 e. The van der Waals surface area contributed by atoms with Crippen molar-refractivity contribution >= 4 is 11.6 Å². The fourth-order valence-corrected chi connectivity index (χ4v) is 1.69. The third kappa shape index (κ3) is 0.935. The summed E-state index contributed by atoms with van der Waals surface area (Å²) >= 11 is 0. The summed E-state index contributed by atoms with van der Waals surface area (Å²) in [5, 5.41) is 3.33. The Bertz CT molecular complexity index is 405. The van der Waals surface area contributed by atoms with E-state index in [1.807, 2.05) is 18.3 Å². The number of anilines is 2. The molecule has 0 radical (unpaired) electrons. The van der Waals surface area contributed by atoms with Crippen molar-refractivity contribution in [3.63, 3.8) is 0 Å². The van der Waals surface area contributed by atoms with E-state index in [1.165, 1.54) is 5.56 Å². The van der Waals surface area contributed by atoms with Gasteiger partial charge in [0.15, 0.2) is 0 Å². The lowest BCUT2D eigenvalue weighted by atomic mass is 10.2. The molecule has 2 N–H and O–H groups in total. The van der Waals surface area contributed by atoms with E-state index < -0.39 is 0 Å². The number of nitrogens with zero attached hydrogens (tertiary/aromatic N) is 1. The minimum Gasteiger partial charge on any atom is -0.329 e. The molecular formula is C10H10N3+. The SMILES string of the molecule is c1cc[n+]2c(c1)Nc1[nH]ccc1C2. The first kappa shape index (κ1) is 6.71. The predicted molar refractivity (Wildman–Crippen MR) is 49.8 cm³/mol. The molecule has 2 aromatic rings. The second-order valence-electron chi connectivity index (χ2n) is 3.22. The van der Waals surface area contributed by atoms with Crippen molar-refractivity contribution in [2.45, 2.75) is 6.54 Å². The third-order valence-electron chi connectivity index (χ3n) is 2.37. The van der Waals surface area contributed by atoms with Crippen LogP contribution in [0, 0.1) is 0 Å². The van der Waals surface area contributed by atoms with Gasteiger partial charge in [0.1, 0.15) is 6.54 Å². The van der Waals surface area contributed by atoms with Crippen LogP contribution in [-0.4, -0.2) is 4.98 Å². The van der Waals surface area contributed by atoms with Crippen LogP contribution in [0.5, 0.6) is 0 Å². The maximum absolute atomic E-state index is 3.33. The van der Waals surface area contributed by atoms with E-state index in [1.54, 1.807) is 0 Å². The zero-order valence-corrected chi connectivity index (χ0v) is 7.12. The number of fused-ring (bicyclic) bond motifs is 2. The highest BCUT2D eigenvalue weighted by Crippen LogP contribution is 2.20. The monoisotopic (exact) mass is 172 g/mol. The van der Waals surface area contributed by atoms with E-state index in [0.717, 1.165) is 18.2 Å². The lowest BCUT2D eigenvalue weighted by Gasteiger charge is -2.11. The van der Waals surface area contributed by atoms with Crippen LogP contribution in [0.4, 0.5) is 11.6 Å². The molecule has 2 aromatic heterocycles. The largest absolute Gasteiger partial charge is 0.329 e. The van der Waals surface area contributed by atoms with E-state index in [2.05, 4.69) is 33.2 Å². The van der Waals surface area contributed by atoms with E-state index >= 15 is 0 Å². The quantitative estimate of drug-likeness (QED) is 0.494. The van der Waals surface area contributed by atoms with Crippen molar-refractivity contribution in [3.05, 3.63) is 42.2 Å². The Balaban J connectivity index is 2.14. The Kier molecular flexibility index (Phi) is 1.22. The van der Waals surface area contributed by atoms with Crippen molar-refractivity contribution in [3.8, 4) is 0 Å². The summed E-state index contributed by atoms with van der Waals surface area (Å²) in [6, 6.07) is 8.25. The molecule has 0 saturated heterocycles. The van der Waals surface area contributed by atoms with E-state index in [9.17, 15) is 0 Å². The first-order valence-electron chi connectivity index (χ1n) is 4.35. The lowest BCUT2D eigenvalue weighted by Crippen LogP contribution is -2.39. The molecule has 1 aliphatic rings. The van der Waals surface area contributed by atoms with Gasteiger partial charge >= 0.3 is 0 Å². The minimum absolute atomic E-state index is 0.946. The van der Waals surface area contributed by atoms with Crippen LogP contribution in [0.15, 0.2) is 36.7 Å². The summed E-state index contributed by atoms with van der Waals surface area (Å²) in [4.78, 5) is 3.17. The Labute approximate surface area is 76.0 Å². The Hall–Kier alpha value is -1.77. The highest BCUT2D eigenvalue weighted by Gasteiger charge is 2.20. The molecule has 3 rings (SSSR count). The number of hydrogen-bond donors (Lipinski definition) is 2. The first-order chi connectivity index (χ1) is 6.43. The van der Waals surface area contributed by atoms with Crippen LogP contribution < -0.4 is 9.88 Å². The molecule has 0 amide bonds. The van der Waals surface area contributed by atoms with Crippen LogP contribution in [0.1, 0.15) is 5.56 Å².